The van der Waals surface area contributed by atoms with Crippen LogP contribution in [0.1, 0.15) is 36.8 Å². The number of aryl methyl sites for hydroxylation is 1. The van der Waals surface area contributed by atoms with Crippen molar-refractivity contribution in [3.05, 3.63) is 29.3 Å². The van der Waals surface area contributed by atoms with Gasteiger partial charge in [0, 0.05) is 26.9 Å². The predicted molar refractivity (Wildman–Crippen MR) is 75.8 cm³/mol. The minimum atomic E-state index is -0.878. The van der Waals surface area contributed by atoms with Crippen LogP contribution in [-0.4, -0.2) is 26.9 Å². The molecule has 0 spiro atoms. The Labute approximate surface area is 116 Å². The monoisotopic (exact) mass is 280 g/mol. The molecule has 1 N–H and O–H groups in total. The highest BCUT2D eigenvalue weighted by atomic mass is 32.2. The first-order chi connectivity index (χ1) is 9.03. The maximum absolute atomic E-state index is 12.1. The van der Waals surface area contributed by atoms with Crippen molar-refractivity contribution in [3.63, 3.8) is 0 Å². The molecule has 1 aromatic carbocycles. The SMILES string of the molecule is COc1ccc(C)cc1C1(O)CC2CCC(C1)S2=O. The lowest BCUT2D eigenvalue weighted by Crippen LogP contribution is -2.40. The fraction of sp³-hybridized carbons (Fsp3) is 0.600. The van der Waals surface area contributed by atoms with Crippen LogP contribution in [0.5, 0.6) is 5.75 Å². The Morgan fingerprint density at radius 3 is 2.53 bits per heavy atom. The molecule has 19 heavy (non-hydrogen) atoms. The maximum atomic E-state index is 12.1. The van der Waals surface area contributed by atoms with Gasteiger partial charge in [-0.05, 0) is 44.7 Å². The molecule has 0 aliphatic carbocycles. The standard InChI is InChI=1S/C15H20O3S/c1-10-3-6-14(18-2)13(7-10)15(16)8-11-4-5-12(9-15)19(11)17/h3,6-7,11-12,16H,4-5,8-9H2,1-2H3. The minimum Gasteiger partial charge on any atom is -0.496 e. The van der Waals surface area contributed by atoms with Crippen LogP contribution < -0.4 is 4.74 Å². The highest BCUT2D eigenvalue weighted by Gasteiger charge is 2.49. The van der Waals surface area contributed by atoms with E-state index in [0.29, 0.717) is 12.8 Å². The van der Waals surface area contributed by atoms with Gasteiger partial charge in [0.15, 0.2) is 0 Å². The molecule has 1 aromatic rings. The molecule has 2 bridgehead atoms. The van der Waals surface area contributed by atoms with E-state index in [4.69, 9.17) is 4.74 Å². The molecule has 2 atom stereocenters. The molecule has 2 aliphatic rings. The van der Waals surface area contributed by atoms with Crippen molar-refractivity contribution < 1.29 is 14.1 Å². The third-order valence-corrected chi connectivity index (χ3v) is 6.57. The van der Waals surface area contributed by atoms with Crippen LogP contribution in [0.2, 0.25) is 0 Å². The summed E-state index contributed by atoms with van der Waals surface area (Å²) in [6.45, 7) is 2.02. The van der Waals surface area contributed by atoms with Crippen molar-refractivity contribution in [2.75, 3.05) is 7.11 Å². The summed E-state index contributed by atoms with van der Waals surface area (Å²) in [4.78, 5) is 0. The molecule has 2 unspecified atom stereocenters. The van der Waals surface area contributed by atoms with Gasteiger partial charge in [-0.2, -0.15) is 0 Å². The number of hydrogen-bond acceptors (Lipinski definition) is 3. The predicted octanol–water partition coefficient (Wildman–Crippen LogP) is 2.26. The van der Waals surface area contributed by atoms with Gasteiger partial charge in [0.05, 0.1) is 12.7 Å². The first kappa shape index (κ1) is 13.1. The Balaban J connectivity index is 2.02. The largest absolute Gasteiger partial charge is 0.496 e. The second-order valence-electron chi connectivity index (χ2n) is 5.79. The smallest absolute Gasteiger partial charge is 0.124 e. The number of aliphatic hydroxyl groups is 1. The molecule has 4 heteroatoms. The second kappa shape index (κ2) is 4.60. The van der Waals surface area contributed by atoms with Crippen molar-refractivity contribution in [2.24, 2.45) is 0 Å². The van der Waals surface area contributed by atoms with Gasteiger partial charge in [0.2, 0.25) is 0 Å². The Morgan fingerprint density at radius 1 is 1.32 bits per heavy atom. The van der Waals surface area contributed by atoms with Crippen molar-refractivity contribution in [1.82, 2.24) is 0 Å². The van der Waals surface area contributed by atoms with Crippen molar-refractivity contribution >= 4 is 10.8 Å². The summed E-state index contributed by atoms with van der Waals surface area (Å²) in [5, 5.41) is 11.4. The molecule has 2 fully saturated rings. The van der Waals surface area contributed by atoms with Crippen LogP contribution in [0.15, 0.2) is 18.2 Å². The Kier molecular flexibility index (Phi) is 3.18. The summed E-state index contributed by atoms with van der Waals surface area (Å²) in [5.41, 5.74) is 1.10. The summed E-state index contributed by atoms with van der Waals surface area (Å²) in [6, 6.07) is 5.91. The fourth-order valence-corrected chi connectivity index (χ4v) is 5.65. The van der Waals surface area contributed by atoms with Gasteiger partial charge in [-0.1, -0.05) is 11.6 Å². The van der Waals surface area contributed by atoms with Crippen LogP contribution in [0.4, 0.5) is 0 Å². The number of rotatable bonds is 2. The van der Waals surface area contributed by atoms with E-state index in [0.717, 1.165) is 29.7 Å². The van der Waals surface area contributed by atoms with Gasteiger partial charge < -0.3 is 9.84 Å². The van der Waals surface area contributed by atoms with Gasteiger partial charge in [-0.3, -0.25) is 4.21 Å². The molecule has 0 radical (unpaired) electrons. The van der Waals surface area contributed by atoms with Gasteiger partial charge >= 0.3 is 0 Å². The topological polar surface area (TPSA) is 46.5 Å². The third kappa shape index (κ3) is 2.11. The molecular formula is C15H20O3S. The van der Waals surface area contributed by atoms with E-state index in [2.05, 4.69) is 0 Å². The molecule has 2 aliphatic heterocycles. The van der Waals surface area contributed by atoms with E-state index in [1.54, 1.807) is 7.11 Å². The van der Waals surface area contributed by atoms with Crippen LogP contribution in [0.3, 0.4) is 0 Å². The van der Waals surface area contributed by atoms with Gasteiger partial charge in [-0.15, -0.1) is 0 Å². The van der Waals surface area contributed by atoms with Gasteiger partial charge in [0.25, 0.3) is 0 Å². The Morgan fingerprint density at radius 2 is 1.95 bits per heavy atom. The highest BCUT2D eigenvalue weighted by molar-refractivity contribution is 7.86. The quantitative estimate of drug-likeness (QED) is 0.904. The van der Waals surface area contributed by atoms with Crippen molar-refractivity contribution in [3.8, 4) is 5.75 Å². The first-order valence-corrected chi connectivity index (χ1v) is 8.08. The minimum absolute atomic E-state index is 0.147. The van der Waals surface area contributed by atoms with E-state index in [1.165, 1.54) is 0 Å². The number of fused-ring (bicyclic) bond motifs is 2. The molecule has 2 saturated heterocycles. The zero-order valence-corrected chi connectivity index (χ0v) is 12.2. The van der Waals surface area contributed by atoms with E-state index in [-0.39, 0.29) is 10.5 Å². The van der Waals surface area contributed by atoms with E-state index in [1.807, 2.05) is 25.1 Å². The lowest BCUT2D eigenvalue weighted by atomic mass is 9.84. The molecule has 3 nitrogen and oxygen atoms in total. The Hall–Kier alpha value is -0.870. The van der Waals surface area contributed by atoms with Crippen LogP contribution in [-0.2, 0) is 16.4 Å². The van der Waals surface area contributed by atoms with Crippen LogP contribution in [0.25, 0.3) is 0 Å². The summed E-state index contributed by atoms with van der Waals surface area (Å²) in [7, 11) is 0.878. The fourth-order valence-electron chi connectivity index (χ4n) is 3.49. The number of methoxy groups -OCH3 is 1. The van der Waals surface area contributed by atoms with Crippen molar-refractivity contribution in [1.29, 1.82) is 0 Å². The van der Waals surface area contributed by atoms with E-state index >= 15 is 0 Å². The summed E-state index contributed by atoms with van der Waals surface area (Å²) < 4.78 is 17.5. The van der Waals surface area contributed by atoms with Crippen LogP contribution in [0, 0.1) is 6.92 Å². The zero-order chi connectivity index (χ0) is 13.6. The summed E-state index contributed by atoms with van der Waals surface area (Å²) in [5.74, 6) is 0.736. The lowest BCUT2D eigenvalue weighted by molar-refractivity contribution is 0.0162. The van der Waals surface area contributed by atoms with Gasteiger partial charge in [0.1, 0.15) is 5.75 Å². The van der Waals surface area contributed by atoms with Crippen molar-refractivity contribution in [2.45, 2.75) is 48.7 Å². The highest BCUT2D eigenvalue weighted by Crippen LogP contribution is 2.48. The van der Waals surface area contributed by atoms with E-state index < -0.39 is 16.4 Å². The molecular weight excluding hydrogens is 260 g/mol. The molecule has 0 aromatic heterocycles. The summed E-state index contributed by atoms with van der Waals surface area (Å²) in [6.07, 6.45) is 3.15. The molecule has 3 rings (SSSR count). The molecule has 104 valence electrons. The number of hydrogen-bond donors (Lipinski definition) is 1. The number of ether oxygens (including phenoxy) is 1. The average molecular weight is 280 g/mol. The van der Waals surface area contributed by atoms with Gasteiger partial charge in [-0.25, -0.2) is 0 Å². The third-order valence-electron chi connectivity index (χ3n) is 4.45. The Bertz CT molecular complexity index is 510. The zero-order valence-electron chi connectivity index (χ0n) is 11.4. The first-order valence-electron chi connectivity index (χ1n) is 6.80. The molecule has 0 saturated carbocycles. The summed E-state index contributed by atoms with van der Waals surface area (Å²) >= 11 is 0. The molecule has 0 amide bonds. The maximum Gasteiger partial charge on any atom is 0.124 e. The van der Waals surface area contributed by atoms with E-state index in [9.17, 15) is 9.32 Å². The normalized spacial score (nSPS) is 37.3. The number of benzene rings is 1. The average Bonchev–Trinajstić information content (AvgIpc) is 2.63. The lowest BCUT2D eigenvalue weighted by Gasteiger charge is -2.37. The second-order valence-corrected chi connectivity index (χ2v) is 7.78. The van der Waals surface area contributed by atoms with Crippen LogP contribution >= 0.6 is 0 Å². The molecule has 2 heterocycles.